The first-order valence-electron chi connectivity index (χ1n) is 5.03. The molecule has 2 heteroatoms. The van der Waals surface area contributed by atoms with E-state index in [-0.39, 0.29) is 0 Å². The minimum atomic E-state index is 0.733. The summed E-state index contributed by atoms with van der Waals surface area (Å²) in [6.45, 7) is 7.90. The predicted octanol–water partition coefficient (Wildman–Crippen LogP) is 1.95. The molecular weight excluding hydrogens is 148 g/mol. The van der Waals surface area contributed by atoms with Crippen molar-refractivity contribution in [2.75, 3.05) is 19.6 Å². The smallest absolute Gasteiger partial charge is 0.0400 e. The Morgan fingerprint density at radius 3 is 2.67 bits per heavy atom. The maximum absolute atomic E-state index is 4.23. The summed E-state index contributed by atoms with van der Waals surface area (Å²) in [5.41, 5.74) is 0. The lowest BCUT2D eigenvalue weighted by Crippen LogP contribution is -2.30. The van der Waals surface area contributed by atoms with Gasteiger partial charge < -0.3 is 4.90 Å². The molecule has 0 saturated carbocycles. The van der Waals surface area contributed by atoms with Crippen molar-refractivity contribution < 1.29 is 0 Å². The van der Waals surface area contributed by atoms with Gasteiger partial charge in [-0.3, -0.25) is 4.99 Å². The number of nitrogens with zero attached hydrogens (tertiary/aromatic N) is 2. The zero-order valence-corrected chi connectivity index (χ0v) is 8.29. The maximum atomic E-state index is 4.23. The topological polar surface area (TPSA) is 15.6 Å². The van der Waals surface area contributed by atoms with E-state index in [4.69, 9.17) is 0 Å². The van der Waals surface area contributed by atoms with E-state index in [0.29, 0.717) is 0 Å². The van der Waals surface area contributed by atoms with Crippen molar-refractivity contribution >= 4 is 6.21 Å². The van der Waals surface area contributed by atoms with Gasteiger partial charge in [0.1, 0.15) is 0 Å². The standard InChI is InChI=1S/C10H20N2/c1-3-11-7-6-10(2)12-8-4-5-9-12/h3,10H,4-9H2,1-2H3. The molecular formula is C10H20N2. The minimum absolute atomic E-state index is 0.733. The lowest BCUT2D eigenvalue weighted by Gasteiger charge is -2.22. The molecule has 1 unspecified atom stereocenters. The average Bonchev–Trinajstić information content (AvgIpc) is 2.56. The first kappa shape index (κ1) is 9.72. The molecule has 0 amide bonds. The fraction of sp³-hybridized carbons (Fsp3) is 0.900. The SMILES string of the molecule is CC=NCCC(C)N1CCCC1. The van der Waals surface area contributed by atoms with Gasteiger partial charge in [-0.15, -0.1) is 0 Å². The summed E-state index contributed by atoms with van der Waals surface area (Å²) in [5.74, 6) is 0. The predicted molar refractivity (Wildman–Crippen MR) is 53.9 cm³/mol. The Kier molecular flexibility index (Phi) is 4.30. The Hall–Kier alpha value is -0.370. The van der Waals surface area contributed by atoms with Crippen molar-refractivity contribution in [3.63, 3.8) is 0 Å². The van der Waals surface area contributed by atoms with Gasteiger partial charge in [-0.25, -0.2) is 0 Å². The number of aliphatic imine (C=N–C) groups is 1. The molecule has 1 fully saturated rings. The highest BCUT2D eigenvalue weighted by Gasteiger charge is 2.16. The Bertz CT molecular complexity index is 137. The second-order valence-electron chi connectivity index (χ2n) is 3.55. The van der Waals surface area contributed by atoms with Crippen LogP contribution in [0.15, 0.2) is 4.99 Å². The zero-order chi connectivity index (χ0) is 8.81. The molecule has 2 nitrogen and oxygen atoms in total. The number of rotatable bonds is 4. The molecule has 1 aliphatic heterocycles. The van der Waals surface area contributed by atoms with Crippen LogP contribution >= 0.6 is 0 Å². The van der Waals surface area contributed by atoms with Gasteiger partial charge in [0.15, 0.2) is 0 Å². The molecule has 1 atom stereocenters. The number of hydrogen-bond acceptors (Lipinski definition) is 2. The van der Waals surface area contributed by atoms with Crippen LogP contribution in [0.5, 0.6) is 0 Å². The lowest BCUT2D eigenvalue weighted by molar-refractivity contribution is 0.250. The lowest BCUT2D eigenvalue weighted by atomic mass is 10.2. The Morgan fingerprint density at radius 2 is 2.08 bits per heavy atom. The summed E-state index contributed by atoms with van der Waals surface area (Å²) in [5, 5.41) is 0. The van der Waals surface area contributed by atoms with Gasteiger partial charge >= 0.3 is 0 Å². The van der Waals surface area contributed by atoms with E-state index in [1.54, 1.807) is 0 Å². The summed E-state index contributed by atoms with van der Waals surface area (Å²) in [7, 11) is 0. The fourth-order valence-corrected chi connectivity index (χ4v) is 1.76. The molecule has 1 aliphatic rings. The summed E-state index contributed by atoms with van der Waals surface area (Å²) in [6.07, 6.45) is 5.89. The molecule has 12 heavy (non-hydrogen) atoms. The van der Waals surface area contributed by atoms with Crippen molar-refractivity contribution in [1.82, 2.24) is 4.90 Å². The third-order valence-electron chi connectivity index (χ3n) is 2.62. The van der Waals surface area contributed by atoms with Crippen molar-refractivity contribution in [3.8, 4) is 0 Å². The summed E-state index contributed by atoms with van der Waals surface area (Å²) in [4.78, 5) is 6.81. The van der Waals surface area contributed by atoms with Crippen molar-refractivity contribution in [1.29, 1.82) is 0 Å². The molecule has 0 radical (unpaired) electrons. The number of hydrogen-bond donors (Lipinski definition) is 0. The van der Waals surface area contributed by atoms with Crippen LogP contribution in [0.1, 0.15) is 33.1 Å². The molecule has 1 rings (SSSR count). The normalized spacial score (nSPS) is 22.2. The Labute approximate surface area is 75.7 Å². The molecule has 0 N–H and O–H groups in total. The van der Waals surface area contributed by atoms with E-state index in [1.165, 1.54) is 32.4 Å². The van der Waals surface area contributed by atoms with Crippen molar-refractivity contribution in [2.24, 2.45) is 4.99 Å². The first-order valence-corrected chi connectivity index (χ1v) is 5.03. The molecule has 0 aromatic carbocycles. The van der Waals surface area contributed by atoms with Crippen LogP contribution in [0.4, 0.5) is 0 Å². The molecule has 0 aliphatic carbocycles. The van der Waals surface area contributed by atoms with Gasteiger partial charge in [0.25, 0.3) is 0 Å². The molecule has 0 aromatic rings. The van der Waals surface area contributed by atoms with Gasteiger partial charge in [0.2, 0.25) is 0 Å². The van der Waals surface area contributed by atoms with Crippen LogP contribution in [-0.4, -0.2) is 36.8 Å². The van der Waals surface area contributed by atoms with E-state index in [0.717, 1.165) is 12.6 Å². The van der Waals surface area contributed by atoms with Gasteiger partial charge in [0.05, 0.1) is 0 Å². The van der Waals surface area contributed by atoms with Gasteiger partial charge in [0, 0.05) is 12.6 Å². The van der Waals surface area contributed by atoms with Crippen LogP contribution in [0.3, 0.4) is 0 Å². The Balaban J connectivity index is 2.13. The highest BCUT2D eigenvalue weighted by molar-refractivity contribution is 5.53. The second-order valence-corrected chi connectivity index (χ2v) is 3.55. The quantitative estimate of drug-likeness (QED) is 0.586. The summed E-state index contributed by atoms with van der Waals surface area (Å²) >= 11 is 0. The maximum Gasteiger partial charge on any atom is 0.0400 e. The first-order chi connectivity index (χ1) is 5.84. The minimum Gasteiger partial charge on any atom is -0.301 e. The largest absolute Gasteiger partial charge is 0.301 e. The van der Waals surface area contributed by atoms with Crippen LogP contribution in [0.2, 0.25) is 0 Å². The average molecular weight is 168 g/mol. The highest BCUT2D eigenvalue weighted by Crippen LogP contribution is 2.13. The van der Waals surface area contributed by atoms with E-state index in [2.05, 4.69) is 16.8 Å². The summed E-state index contributed by atoms with van der Waals surface area (Å²) in [6, 6.07) is 0.733. The fourth-order valence-electron chi connectivity index (χ4n) is 1.76. The number of likely N-dealkylation sites (tertiary alicyclic amines) is 1. The van der Waals surface area contributed by atoms with Crippen molar-refractivity contribution in [2.45, 2.75) is 39.2 Å². The van der Waals surface area contributed by atoms with Gasteiger partial charge in [-0.05, 0) is 52.4 Å². The monoisotopic (exact) mass is 168 g/mol. The molecule has 0 aromatic heterocycles. The molecule has 1 saturated heterocycles. The highest BCUT2D eigenvalue weighted by atomic mass is 15.2. The third-order valence-corrected chi connectivity index (χ3v) is 2.62. The van der Waals surface area contributed by atoms with E-state index in [1.807, 2.05) is 13.1 Å². The molecule has 1 heterocycles. The van der Waals surface area contributed by atoms with Crippen LogP contribution < -0.4 is 0 Å². The zero-order valence-electron chi connectivity index (χ0n) is 8.29. The van der Waals surface area contributed by atoms with Crippen LogP contribution in [-0.2, 0) is 0 Å². The Morgan fingerprint density at radius 1 is 1.42 bits per heavy atom. The van der Waals surface area contributed by atoms with Crippen LogP contribution in [0, 0.1) is 0 Å². The van der Waals surface area contributed by atoms with E-state index >= 15 is 0 Å². The third kappa shape index (κ3) is 2.94. The second kappa shape index (κ2) is 5.31. The van der Waals surface area contributed by atoms with Gasteiger partial charge in [-0.1, -0.05) is 0 Å². The molecule has 0 bridgehead atoms. The molecule has 70 valence electrons. The van der Waals surface area contributed by atoms with Crippen molar-refractivity contribution in [3.05, 3.63) is 0 Å². The summed E-state index contributed by atoms with van der Waals surface area (Å²) < 4.78 is 0. The van der Waals surface area contributed by atoms with E-state index in [9.17, 15) is 0 Å². The van der Waals surface area contributed by atoms with E-state index < -0.39 is 0 Å². The van der Waals surface area contributed by atoms with Crippen LogP contribution in [0.25, 0.3) is 0 Å². The molecule has 0 spiro atoms. The van der Waals surface area contributed by atoms with Gasteiger partial charge in [-0.2, -0.15) is 0 Å².